The first-order valence-electron chi connectivity index (χ1n) is 8.36. The molecule has 0 atom stereocenters. The van der Waals surface area contributed by atoms with Crippen LogP contribution in [0.15, 0.2) is 65.3 Å². The van der Waals surface area contributed by atoms with Crippen LogP contribution in [0.25, 0.3) is 17.0 Å². The molecule has 0 radical (unpaired) electrons. The molecule has 1 heterocycles. The highest BCUT2D eigenvalue weighted by Crippen LogP contribution is 2.27. The van der Waals surface area contributed by atoms with Crippen molar-refractivity contribution in [3.63, 3.8) is 0 Å². The molecule has 0 bridgehead atoms. The van der Waals surface area contributed by atoms with Gasteiger partial charge in [-0.2, -0.15) is 0 Å². The number of halogens is 1. The van der Waals surface area contributed by atoms with Crippen molar-refractivity contribution in [1.82, 2.24) is 4.98 Å². The van der Waals surface area contributed by atoms with Gasteiger partial charge in [0.15, 0.2) is 6.61 Å². The number of amides is 1. The Labute approximate surface area is 173 Å². The highest BCUT2D eigenvalue weighted by molar-refractivity contribution is 9.10. The van der Waals surface area contributed by atoms with Gasteiger partial charge >= 0.3 is 5.97 Å². The van der Waals surface area contributed by atoms with Crippen molar-refractivity contribution in [2.24, 2.45) is 0 Å². The Balaban J connectivity index is 1.57. The molecule has 29 heavy (non-hydrogen) atoms. The molecule has 0 saturated carbocycles. The molecular formula is C20H14BrN3O5. The van der Waals surface area contributed by atoms with E-state index in [4.69, 9.17) is 4.74 Å². The van der Waals surface area contributed by atoms with Gasteiger partial charge in [0.25, 0.3) is 11.6 Å². The van der Waals surface area contributed by atoms with Gasteiger partial charge in [0.05, 0.1) is 16.1 Å². The number of hydrogen-bond acceptors (Lipinski definition) is 6. The predicted molar refractivity (Wildman–Crippen MR) is 111 cm³/mol. The van der Waals surface area contributed by atoms with Crippen LogP contribution in [0, 0.1) is 10.1 Å². The van der Waals surface area contributed by atoms with E-state index in [9.17, 15) is 19.7 Å². The first-order valence-corrected chi connectivity index (χ1v) is 9.16. The van der Waals surface area contributed by atoms with Crippen LogP contribution in [0.3, 0.4) is 0 Å². The number of nitrogens with zero attached hydrogens (tertiary/aromatic N) is 2. The standard InChI is InChI=1S/C20H14BrN3O5/c21-16-11-15(24(27)28)7-8-17(16)23-18(25)12-29-19(26)9-6-14-4-1-3-13-5-2-10-22-20(13)14/h1-11H,12H2,(H,23,25)/b9-6+. The topological polar surface area (TPSA) is 111 Å². The highest BCUT2D eigenvalue weighted by Gasteiger charge is 2.12. The molecule has 0 aliphatic carbocycles. The molecule has 0 saturated heterocycles. The summed E-state index contributed by atoms with van der Waals surface area (Å²) < 4.78 is 5.27. The van der Waals surface area contributed by atoms with E-state index in [1.165, 1.54) is 24.3 Å². The van der Waals surface area contributed by atoms with Crippen LogP contribution in [-0.2, 0) is 14.3 Å². The summed E-state index contributed by atoms with van der Waals surface area (Å²) in [5, 5.41) is 14.2. The summed E-state index contributed by atoms with van der Waals surface area (Å²) in [6.45, 7) is -0.500. The van der Waals surface area contributed by atoms with Crippen LogP contribution in [0.5, 0.6) is 0 Å². The van der Waals surface area contributed by atoms with Crippen molar-refractivity contribution in [3.8, 4) is 0 Å². The van der Waals surface area contributed by atoms with Gasteiger partial charge in [0.1, 0.15) is 0 Å². The first kappa shape index (κ1) is 20.2. The van der Waals surface area contributed by atoms with Crippen LogP contribution in [0.2, 0.25) is 0 Å². The molecule has 0 aliphatic heterocycles. The first-order chi connectivity index (χ1) is 13.9. The van der Waals surface area contributed by atoms with E-state index in [0.717, 1.165) is 16.5 Å². The summed E-state index contributed by atoms with van der Waals surface area (Å²) in [5.41, 5.74) is 1.71. The zero-order valence-corrected chi connectivity index (χ0v) is 16.5. The number of anilines is 1. The van der Waals surface area contributed by atoms with Gasteiger partial charge in [0, 0.05) is 39.8 Å². The second-order valence-electron chi connectivity index (χ2n) is 5.83. The Kier molecular flexibility index (Phi) is 6.30. The van der Waals surface area contributed by atoms with Crippen LogP contribution in [-0.4, -0.2) is 28.4 Å². The molecule has 8 nitrogen and oxygen atoms in total. The molecule has 0 aliphatic rings. The zero-order chi connectivity index (χ0) is 20.8. The number of para-hydroxylation sites is 1. The maximum atomic E-state index is 12.0. The maximum absolute atomic E-state index is 12.0. The number of esters is 1. The van der Waals surface area contributed by atoms with Crippen molar-refractivity contribution in [2.45, 2.75) is 0 Å². The molecule has 0 fully saturated rings. The number of ether oxygens (including phenoxy) is 1. The van der Waals surface area contributed by atoms with Gasteiger partial charge in [-0.3, -0.25) is 19.9 Å². The van der Waals surface area contributed by atoms with Crippen LogP contribution in [0.4, 0.5) is 11.4 Å². The number of fused-ring (bicyclic) bond motifs is 1. The van der Waals surface area contributed by atoms with Gasteiger partial charge in [-0.1, -0.05) is 24.3 Å². The maximum Gasteiger partial charge on any atom is 0.331 e. The lowest BCUT2D eigenvalue weighted by atomic mass is 10.1. The van der Waals surface area contributed by atoms with Gasteiger partial charge in [-0.25, -0.2) is 4.79 Å². The fourth-order valence-electron chi connectivity index (χ4n) is 2.51. The van der Waals surface area contributed by atoms with Gasteiger partial charge in [-0.05, 0) is 34.1 Å². The number of non-ortho nitro benzene ring substituents is 1. The van der Waals surface area contributed by atoms with Gasteiger partial charge in [0.2, 0.25) is 0 Å². The number of nitrogens with one attached hydrogen (secondary N) is 1. The second kappa shape index (κ2) is 9.07. The number of pyridine rings is 1. The summed E-state index contributed by atoms with van der Waals surface area (Å²) in [6.07, 6.45) is 4.46. The summed E-state index contributed by atoms with van der Waals surface area (Å²) in [4.78, 5) is 38.3. The van der Waals surface area contributed by atoms with Crippen molar-refractivity contribution in [2.75, 3.05) is 11.9 Å². The summed E-state index contributed by atoms with van der Waals surface area (Å²) in [6, 6.07) is 13.2. The Bertz CT molecular complexity index is 1120. The molecule has 1 N–H and O–H groups in total. The number of rotatable bonds is 6. The average Bonchev–Trinajstić information content (AvgIpc) is 2.72. The third-order valence-electron chi connectivity index (χ3n) is 3.85. The van der Waals surface area contributed by atoms with Crippen molar-refractivity contribution < 1.29 is 19.2 Å². The molecule has 146 valence electrons. The Morgan fingerprint density at radius 3 is 2.76 bits per heavy atom. The third kappa shape index (κ3) is 5.23. The predicted octanol–water partition coefficient (Wildman–Crippen LogP) is 4.10. The number of carbonyl (C=O) groups is 2. The van der Waals surface area contributed by atoms with Crippen LogP contribution < -0.4 is 5.32 Å². The van der Waals surface area contributed by atoms with Gasteiger partial charge < -0.3 is 10.1 Å². The monoisotopic (exact) mass is 455 g/mol. The molecule has 1 amide bonds. The Morgan fingerprint density at radius 2 is 2.00 bits per heavy atom. The number of nitro benzene ring substituents is 1. The fourth-order valence-corrected chi connectivity index (χ4v) is 2.98. The Hall–Kier alpha value is -3.59. The molecule has 3 aromatic rings. The summed E-state index contributed by atoms with van der Waals surface area (Å²) >= 11 is 3.15. The van der Waals surface area contributed by atoms with E-state index in [1.807, 2.05) is 30.3 Å². The molecule has 0 spiro atoms. The second-order valence-corrected chi connectivity index (χ2v) is 6.69. The van der Waals surface area contributed by atoms with Crippen LogP contribution in [0.1, 0.15) is 5.56 Å². The number of aromatic nitrogens is 1. The van der Waals surface area contributed by atoms with Crippen molar-refractivity contribution in [1.29, 1.82) is 0 Å². The largest absolute Gasteiger partial charge is 0.452 e. The van der Waals surface area contributed by atoms with E-state index in [2.05, 4.69) is 26.2 Å². The van der Waals surface area contributed by atoms with Crippen LogP contribution >= 0.6 is 15.9 Å². The SMILES string of the molecule is O=C(COC(=O)/C=C/c1cccc2cccnc12)Nc1ccc([N+](=O)[O-])cc1Br. The quantitative estimate of drug-likeness (QED) is 0.259. The minimum absolute atomic E-state index is 0.116. The van der Waals surface area contributed by atoms with Gasteiger partial charge in [-0.15, -0.1) is 0 Å². The minimum Gasteiger partial charge on any atom is -0.452 e. The third-order valence-corrected chi connectivity index (χ3v) is 4.50. The lowest BCUT2D eigenvalue weighted by molar-refractivity contribution is -0.384. The smallest absolute Gasteiger partial charge is 0.331 e. The van der Waals surface area contributed by atoms with Crippen molar-refractivity contribution >= 4 is 56.2 Å². The van der Waals surface area contributed by atoms with E-state index in [1.54, 1.807) is 12.3 Å². The molecule has 1 aromatic heterocycles. The summed E-state index contributed by atoms with van der Waals surface area (Å²) in [7, 11) is 0. The van der Waals surface area contributed by atoms with Crippen molar-refractivity contribution in [3.05, 3.63) is 81.0 Å². The van der Waals surface area contributed by atoms with E-state index in [-0.39, 0.29) is 5.69 Å². The highest BCUT2D eigenvalue weighted by atomic mass is 79.9. The lowest BCUT2D eigenvalue weighted by Crippen LogP contribution is -2.20. The van der Waals surface area contributed by atoms with E-state index < -0.39 is 23.4 Å². The number of benzene rings is 2. The molecule has 0 unspecified atom stereocenters. The molecule has 3 rings (SSSR count). The number of nitro groups is 1. The Morgan fingerprint density at radius 1 is 1.21 bits per heavy atom. The van der Waals surface area contributed by atoms with E-state index >= 15 is 0 Å². The minimum atomic E-state index is -0.684. The summed E-state index contributed by atoms with van der Waals surface area (Å²) in [5.74, 6) is -1.26. The number of hydrogen-bond donors (Lipinski definition) is 1. The molecule has 2 aromatic carbocycles. The molecule has 9 heteroatoms. The average molecular weight is 456 g/mol. The zero-order valence-electron chi connectivity index (χ0n) is 14.9. The normalized spacial score (nSPS) is 10.8. The number of carbonyl (C=O) groups excluding carboxylic acids is 2. The molecular weight excluding hydrogens is 442 g/mol. The lowest BCUT2D eigenvalue weighted by Gasteiger charge is -2.07. The van der Waals surface area contributed by atoms with E-state index in [0.29, 0.717) is 10.2 Å². The fraction of sp³-hybridized carbons (Fsp3) is 0.0500.